The van der Waals surface area contributed by atoms with Crippen LogP contribution in [0.4, 0.5) is 4.39 Å². The van der Waals surface area contributed by atoms with Crippen LogP contribution >= 0.6 is 0 Å². The fourth-order valence-corrected chi connectivity index (χ4v) is 4.74. The number of ether oxygens (including phenoxy) is 2. The van der Waals surface area contributed by atoms with Crippen molar-refractivity contribution in [2.45, 2.75) is 64.8 Å². The third kappa shape index (κ3) is 7.77. The second-order valence-electron chi connectivity index (χ2n) is 9.87. The molecule has 1 saturated carbocycles. The highest BCUT2D eigenvalue weighted by atomic mass is 19.1. The average Bonchev–Trinajstić information content (AvgIpc) is 2.90. The third-order valence-corrected chi connectivity index (χ3v) is 6.84. The summed E-state index contributed by atoms with van der Waals surface area (Å²) >= 11 is 0. The SMILES string of the molecule is C=C(C)c1cccc(-c2cc(OC3CCC(OCc4ccc(F)cc4)CC3)ccc2CCNC(C)=O)c1. The molecule has 0 heterocycles. The summed E-state index contributed by atoms with van der Waals surface area (Å²) in [6.45, 7) is 8.73. The molecule has 0 saturated heterocycles. The van der Waals surface area contributed by atoms with E-state index in [2.05, 4.69) is 48.3 Å². The second-order valence-corrected chi connectivity index (χ2v) is 9.87. The number of halogens is 1. The summed E-state index contributed by atoms with van der Waals surface area (Å²) in [5.74, 6) is 0.603. The number of benzene rings is 3. The predicted molar refractivity (Wildman–Crippen MR) is 147 cm³/mol. The lowest BCUT2D eigenvalue weighted by molar-refractivity contribution is -0.118. The second kappa shape index (κ2) is 12.7. The van der Waals surface area contributed by atoms with Gasteiger partial charge in [0.1, 0.15) is 11.6 Å². The molecule has 37 heavy (non-hydrogen) atoms. The van der Waals surface area contributed by atoms with Crippen molar-refractivity contribution in [3.05, 3.63) is 95.8 Å². The molecule has 1 aliphatic carbocycles. The number of carbonyl (C=O) groups is 1. The Bertz CT molecular complexity index is 1210. The smallest absolute Gasteiger partial charge is 0.216 e. The van der Waals surface area contributed by atoms with Gasteiger partial charge in [-0.15, -0.1) is 0 Å². The molecular weight excluding hydrogens is 465 g/mol. The Hall–Kier alpha value is -3.44. The minimum absolute atomic E-state index is 0.0250. The van der Waals surface area contributed by atoms with Crippen LogP contribution < -0.4 is 10.1 Å². The van der Waals surface area contributed by atoms with E-state index in [1.165, 1.54) is 19.1 Å². The van der Waals surface area contributed by atoms with Gasteiger partial charge in [0.25, 0.3) is 0 Å². The zero-order chi connectivity index (χ0) is 26.2. The van der Waals surface area contributed by atoms with E-state index in [1.807, 2.05) is 13.0 Å². The standard InChI is InChI=1S/C32H36FNO3/c1-22(2)26-5-4-6-27(19-26)32-20-31(12-9-25(32)17-18-34-23(3)35)37-30-15-13-29(14-16-30)36-21-24-7-10-28(33)11-8-24/h4-12,19-20,29-30H,1,13-18,21H2,2-3H3,(H,34,35). The van der Waals surface area contributed by atoms with Crippen molar-refractivity contribution in [3.63, 3.8) is 0 Å². The van der Waals surface area contributed by atoms with Crippen LogP contribution in [0, 0.1) is 5.82 Å². The number of hydrogen-bond acceptors (Lipinski definition) is 3. The lowest BCUT2D eigenvalue weighted by atomic mass is 9.93. The van der Waals surface area contributed by atoms with Gasteiger partial charge in [0.2, 0.25) is 5.91 Å². The Morgan fingerprint density at radius 3 is 2.41 bits per heavy atom. The molecule has 0 atom stereocenters. The van der Waals surface area contributed by atoms with E-state index < -0.39 is 0 Å². The van der Waals surface area contributed by atoms with Gasteiger partial charge in [-0.2, -0.15) is 0 Å². The molecule has 0 bridgehead atoms. The molecule has 0 spiro atoms. The number of nitrogens with one attached hydrogen (secondary N) is 1. The fourth-order valence-electron chi connectivity index (χ4n) is 4.74. The Kier molecular flexibility index (Phi) is 9.13. The molecule has 5 heteroatoms. The highest BCUT2D eigenvalue weighted by Crippen LogP contribution is 2.32. The van der Waals surface area contributed by atoms with Crippen LogP contribution in [0.1, 0.15) is 56.2 Å². The van der Waals surface area contributed by atoms with Crippen molar-refractivity contribution in [3.8, 4) is 16.9 Å². The summed E-state index contributed by atoms with van der Waals surface area (Å²) in [4.78, 5) is 11.4. The van der Waals surface area contributed by atoms with E-state index >= 15 is 0 Å². The number of amides is 1. The zero-order valence-electron chi connectivity index (χ0n) is 21.8. The molecule has 4 rings (SSSR count). The van der Waals surface area contributed by atoms with Crippen molar-refractivity contribution < 1.29 is 18.7 Å². The third-order valence-electron chi connectivity index (χ3n) is 6.84. The Morgan fingerprint density at radius 1 is 0.973 bits per heavy atom. The highest BCUT2D eigenvalue weighted by Gasteiger charge is 2.23. The minimum atomic E-state index is -0.228. The Morgan fingerprint density at radius 2 is 1.70 bits per heavy atom. The summed E-state index contributed by atoms with van der Waals surface area (Å²) in [5, 5.41) is 2.90. The monoisotopic (exact) mass is 501 g/mol. The summed E-state index contributed by atoms with van der Waals surface area (Å²) in [6, 6.07) is 21.1. The van der Waals surface area contributed by atoms with Gasteiger partial charge in [0, 0.05) is 13.5 Å². The van der Waals surface area contributed by atoms with Crippen molar-refractivity contribution in [1.29, 1.82) is 0 Å². The van der Waals surface area contributed by atoms with Gasteiger partial charge in [-0.3, -0.25) is 4.79 Å². The maximum atomic E-state index is 13.1. The van der Waals surface area contributed by atoms with Crippen LogP contribution in [-0.2, 0) is 22.6 Å². The quantitative estimate of drug-likeness (QED) is 0.322. The first-order valence-corrected chi connectivity index (χ1v) is 13.0. The first-order chi connectivity index (χ1) is 17.9. The summed E-state index contributed by atoms with van der Waals surface area (Å²) in [5.41, 5.74) is 6.51. The fraction of sp³-hybridized carbons (Fsp3) is 0.344. The number of carbonyl (C=O) groups excluding carboxylic acids is 1. The van der Waals surface area contributed by atoms with E-state index in [-0.39, 0.29) is 23.9 Å². The number of hydrogen-bond donors (Lipinski definition) is 1. The van der Waals surface area contributed by atoms with Gasteiger partial charge < -0.3 is 14.8 Å². The van der Waals surface area contributed by atoms with Gasteiger partial charge >= 0.3 is 0 Å². The van der Waals surface area contributed by atoms with E-state index in [0.29, 0.717) is 13.2 Å². The van der Waals surface area contributed by atoms with E-state index in [0.717, 1.165) is 71.2 Å². The molecule has 0 aliphatic heterocycles. The molecule has 3 aromatic carbocycles. The van der Waals surface area contributed by atoms with Gasteiger partial charge in [0.05, 0.1) is 18.8 Å². The normalized spacial score (nSPS) is 17.3. The first-order valence-electron chi connectivity index (χ1n) is 13.0. The highest BCUT2D eigenvalue weighted by molar-refractivity contribution is 5.75. The molecule has 0 aromatic heterocycles. The predicted octanol–water partition coefficient (Wildman–Crippen LogP) is 7.11. The minimum Gasteiger partial charge on any atom is -0.490 e. The van der Waals surface area contributed by atoms with Crippen molar-refractivity contribution in [2.24, 2.45) is 0 Å². The largest absolute Gasteiger partial charge is 0.490 e. The summed E-state index contributed by atoms with van der Waals surface area (Å²) in [6.07, 6.45) is 4.82. The first kappa shape index (κ1) is 26.6. The molecule has 4 nitrogen and oxygen atoms in total. The van der Waals surface area contributed by atoms with Crippen LogP contribution in [0.3, 0.4) is 0 Å². The zero-order valence-corrected chi connectivity index (χ0v) is 21.8. The molecule has 3 aromatic rings. The van der Waals surface area contributed by atoms with E-state index in [1.54, 1.807) is 12.1 Å². The van der Waals surface area contributed by atoms with E-state index in [4.69, 9.17) is 9.47 Å². The van der Waals surface area contributed by atoms with Gasteiger partial charge in [0.15, 0.2) is 0 Å². The molecule has 0 unspecified atom stereocenters. The number of allylic oxidation sites excluding steroid dienone is 1. The lowest BCUT2D eigenvalue weighted by Gasteiger charge is -2.29. The molecule has 1 N–H and O–H groups in total. The molecule has 1 aliphatic rings. The topological polar surface area (TPSA) is 47.6 Å². The van der Waals surface area contributed by atoms with Crippen molar-refractivity contribution in [2.75, 3.05) is 6.54 Å². The van der Waals surface area contributed by atoms with Crippen LogP contribution in [-0.4, -0.2) is 24.7 Å². The average molecular weight is 502 g/mol. The lowest BCUT2D eigenvalue weighted by Crippen LogP contribution is -2.28. The Balaban J connectivity index is 1.40. The molecular formula is C32H36FNO3. The molecule has 194 valence electrons. The van der Waals surface area contributed by atoms with E-state index in [9.17, 15) is 9.18 Å². The van der Waals surface area contributed by atoms with Gasteiger partial charge in [-0.1, -0.05) is 48.6 Å². The van der Waals surface area contributed by atoms with Crippen molar-refractivity contribution in [1.82, 2.24) is 5.32 Å². The van der Waals surface area contributed by atoms with Crippen LogP contribution in [0.25, 0.3) is 16.7 Å². The van der Waals surface area contributed by atoms with Crippen LogP contribution in [0.15, 0.2) is 73.3 Å². The van der Waals surface area contributed by atoms with Crippen LogP contribution in [0.5, 0.6) is 5.75 Å². The molecule has 1 fully saturated rings. The van der Waals surface area contributed by atoms with Gasteiger partial charge in [-0.05, 0) is 97.2 Å². The maximum absolute atomic E-state index is 13.1. The summed E-state index contributed by atoms with van der Waals surface area (Å²) in [7, 11) is 0. The summed E-state index contributed by atoms with van der Waals surface area (Å²) < 4.78 is 25.6. The maximum Gasteiger partial charge on any atom is 0.216 e. The molecule has 1 amide bonds. The number of rotatable bonds is 10. The molecule has 0 radical (unpaired) electrons. The van der Waals surface area contributed by atoms with Crippen LogP contribution in [0.2, 0.25) is 0 Å². The van der Waals surface area contributed by atoms with Gasteiger partial charge in [-0.25, -0.2) is 4.39 Å². The Labute approximate surface area is 219 Å². The van der Waals surface area contributed by atoms with Crippen molar-refractivity contribution >= 4 is 11.5 Å².